The Kier molecular flexibility index (Phi) is 4.98. The number of hydrogen-bond acceptors (Lipinski definition) is 3. The Morgan fingerprint density at radius 2 is 1.89 bits per heavy atom. The van der Waals surface area contributed by atoms with Crippen LogP contribution in [0.15, 0.2) is 0 Å². The van der Waals surface area contributed by atoms with Crippen LogP contribution in [0.3, 0.4) is 0 Å². The van der Waals surface area contributed by atoms with Gasteiger partial charge in [0.25, 0.3) is 0 Å². The van der Waals surface area contributed by atoms with Crippen molar-refractivity contribution >= 4 is 11.9 Å². The number of nitrogens with two attached hydrogens (primary N) is 1. The summed E-state index contributed by atoms with van der Waals surface area (Å²) in [5.74, 6) is 0.0370. The summed E-state index contributed by atoms with van der Waals surface area (Å²) in [6.45, 7) is 2.07. The minimum absolute atomic E-state index is 0.0370. The van der Waals surface area contributed by atoms with Crippen LogP contribution in [0.2, 0.25) is 0 Å². The van der Waals surface area contributed by atoms with Gasteiger partial charge in [0.05, 0.1) is 6.04 Å². The molecule has 2 amide bonds. The molecule has 1 aliphatic heterocycles. The Morgan fingerprint density at radius 1 is 1.37 bits per heavy atom. The van der Waals surface area contributed by atoms with Gasteiger partial charge in [-0.25, -0.2) is 4.79 Å². The van der Waals surface area contributed by atoms with E-state index in [2.05, 4.69) is 0 Å². The highest BCUT2D eigenvalue weighted by molar-refractivity contribution is 5.82. The highest BCUT2D eigenvalue weighted by Crippen LogP contribution is 2.13. The van der Waals surface area contributed by atoms with Crippen LogP contribution in [0.25, 0.3) is 0 Å². The van der Waals surface area contributed by atoms with Gasteiger partial charge in [-0.1, -0.05) is 0 Å². The molecule has 1 atom stereocenters. The second-order valence-electron chi connectivity index (χ2n) is 4.43. The van der Waals surface area contributed by atoms with Crippen LogP contribution < -0.4 is 11.1 Å². The maximum Gasteiger partial charge on any atom is 0.405 e. The lowest BCUT2D eigenvalue weighted by molar-refractivity contribution is -0.123. The number of piperazine rings is 1. The van der Waals surface area contributed by atoms with Crippen molar-refractivity contribution in [2.75, 3.05) is 32.7 Å². The zero-order valence-electron chi connectivity index (χ0n) is 10.6. The molecule has 0 aliphatic carbocycles. The van der Waals surface area contributed by atoms with E-state index in [0.29, 0.717) is 26.2 Å². The predicted molar refractivity (Wildman–Crippen MR) is 64.0 cm³/mol. The number of amidine groups is 1. The van der Waals surface area contributed by atoms with Crippen molar-refractivity contribution in [3.63, 3.8) is 0 Å². The Morgan fingerprint density at radius 3 is 2.32 bits per heavy atom. The first-order chi connectivity index (χ1) is 8.70. The molecule has 0 saturated carbocycles. The van der Waals surface area contributed by atoms with Gasteiger partial charge in [-0.3, -0.25) is 10.3 Å². The van der Waals surface area contributed by atoms with Crippen molar-refractivity contribution in [2.45, 2.75) is 19.1 Å². The van der Waals surface area contributed by atoms with Gasteiger partial charge in [-0.2, -0.15) is 13.2 Å². The number of carbonyl (C=O) groups is 1. The molecular weight excluding hydrogens is 263 g/mol. The van der Waals surface area contributed by atoms with E-state index in [0.717, 1.165) is 0 Å². The summed E-state index contributed by atoms with van der Waals surface area (Å²) >= 11 is 0. The van der Waals surface area contributed by atoms with E-state index >= 15 is 0 Å². The number of alkyl halides is 3. The summed E-state index contributed by atoms with van der Waals surface area (Å²) in [5, 5.41) is 9.16. The zero-order chi connectivity index (χ0) is 14.6. The number of urea groups is 1. The van der Waals surface area contributed by atoms with Gasteiger partial charge < -0.3 is 16.0 Å². The van der Waals surface area contributed by atoms with E-state index in [1.165, 1.54) is 4.90 Å². The molecule has 6 nitrogen and oxygen atoms in total. The van der Waals surface area contributed by atoms with E-state index < -0.39 is 18.8 Å². The second-order valence-corrected chi connectivity index (χ2v) is 4.43. The minimum Gasteiger partial charge on any atom is -0.386 e. The van der Waals surface area contributed by atoms with Crippen LogP contribution in [-0.4, -0.2) is 66.6 Å². The molecule has 0 radical (unpaired) electrons. The summed E-state index contributed by atoms with van der Waals surface area (Å²) in [7, 11) is 0. The number of amides is 2. The largest absolute Gasteiger partial charge is 0.405 e. The molecule has 9 heteroatoms. The van der Waals surface area contributed by atoms with Gasteiger partial charge in [-0.15, -0.1) is 0 Å². The summed E-state index contributed by atoms with van der Waals surface area (Å²) in [4.78, 5) is 14.7. The summed E-state index contributed by atoms with van der Waals surface area (Å²) in [5.41, 5.74) is 5.38. The third kappa shape index (κ3) is 4.93. The van der Waals surface area contributed by atoms with E-state index in [9.17, 15) is 18.0 Å². The molecule has 1 saturated heterocycles. The lowest BCUT2D eigenvalue weighted by atomic mass is 10.2. The molecule has 0 aromatic rings. The number of nitrogens with zero attached hydrogens (tertiary/aromatic N) is 2. The zero-order valence-corrected chi connectivity index (χ0v) is 10.6. The Hall–Kier alpha value is -1.51. The molecule has 1 unspecified atom stereocenters. The summed E-state index contributed by atoms with van der Waals surface area (Å²) < 4.78 is 35.9. The maximum atomic E-state index is 12.0. The molecule has 110 valence electrons. The SMILES string of the molecule is CC(C(=N)N)N1CCN(C(=O)NCC(F)(F)F)CC1. The number of carbonyl (C=O) groups excluding carboxylic acids is 1. The van der Waals surface area contributed by atoms with Gasteiger partial charge >= 0.3 is 12.2 Å². The molecule has 0 spiro atoms. The van der Waals surface area contributed by atoms with Gasteiger partial charge in [0, 0.05) is 26.2 Å². The first kappa shape index (κ1) is 15.5. The third-order valence-electron chi connectivity index (χ3n) is 3.04. The molecular formula is C10H18F3N5O. The summed E-state index contributed by atoms with van der Waals surface area (Å²) in [6.07, 6.45) is -4.40. The standard InChI is InChI=1S/C10H18F3N5O/c1-7(8(14)15)17-2-4-18(5-3-17)9(19)16-6-10(11,12)13/h7H,2-6H2,1H3,(H3,14,15)(H,16,19). The Labute approximate surface area is 109 Å². The van der Waals surface area contributed by atoms with Gasteiger partial charge in [0.15, 0.2) is 0 Å². The molecule has 1 fully saturated rings. The van der Waals surface area contributed by atoms with Crippen LogP contribution in [0.5, 0.6) is 0 Å². The molecule has 0 aromatic heterocycles. The Bertz CT molecular complexity index is 339. The second kappa shape index (κ2) is 6.09. The average molecular weight is 281 g/mol. The van der Waals surface area contributed by atoms with Gasteiger partial charge in [0.2, 0.25) is 0 Å². The number of hydrogen-bond donors (Lipinski definition) is 3. The number of halogens is 3. The molecule has 0 aromatic carbocycles. The molecule has 1 rings (SSSR count). The normalized spacial score (nSPS) is 19.1. The fraction of sp³-hybridized carbons (Fsp3) is 0.800. The van der Waals surface area contributed by atoms with Crippen molar-refractivity contribution in [1.29, 1.82) is 5.41 Å². The van der Waals surface area contributed by atoms with Gasteiger partial charge in [0.1, 0.15) is 12.4 Å². The maximum absolute atomic E-state index is 12.0. The lowest BCUT2D eigenvalue weighted by Gasteiger charge is -2.37. The third-order valence-corrected chi connectivity index (χ3v) is 3.04. The highest BCUT2D eigenvalue weighted by atomic mass is 19.4. The van der Waals surface area contributed by atoms with Crippen LogP contribution in [0.4, 0.5) is 18.0 Å². The van der Waals surface area contributed by atoms with Crippen LogP contribution in [0, 0.1) is 5.41 Å². The smallest absolute Gasteiger partial charge is 0.386 e. The average Bonchev–Trinajstić information content (AvgIpc) is 2.34. The molecule has 1 aliphatic rings. The summed E-state index contributed by atoms with van der Waals surface area (Å²) in [6, 6.07) is -0.937. The van der Waals surface area contributed by atoms with Crippen LogP contribution in [-0.2, 0) is 0 Å². The van der Waals surface area contributed by atoms with Gasteiger partial charge in [-0.05, 0) is 6.92 Å². The fourth-order valence-corrected chi connectivity index (χ4v) is 1.80. The highest BCUT2D eigenvalue weighted by Gasteiger charge is 2.30. The van der Waals surface area contributed by atoms with Crippen molar-refractivity contribution < 1.29 is 18.0 Å². The molecule has 1 heterocycles. The van der Waals surface area contributed by atoms with Crippen molar-refractivity contribution in [1.82, 2.24) is 15.1 Å². The molecule has 4 N–H and O–H groups in total. The van der Waals surface area contributed by atoms with Crippen molar-refractivity contribution in [3.05, 3.63) is 0 Å². The fourth-order valence-electron chi connectivity index (χ4n) is 1.80. The number of nitrogens with one attached hydrogen (secondary N) is 2. The first-order valence-corrected chi connectivity index (χ1v) is 5.88. The van der Waals surface area contributed by atoms with Crippen LogP contribution in [0.1, 0.15) is 6.92 Å². The quantitative estimate of drug-likeness (QED) is 0.510. The van der Waals surface area contributed by atoms with Crippen LogP contribution >= 0.6 is 0 Å². The minimum atomic E-state index is -4.40. The van der Waals surface area contributed by atoms with Crippen molar-refractivity contribution in [3.8, 4) is 0 Å². The molecule has 19 heavy (non-hydrogen) atoms. The van der Waals surface area contributed by atoms with E-state index in [4.69, 9.17) is 11.1 Å². The lowest BCUT2D eigenvalue weighted by Crippen LogP contribution is -2.56. The Balaban J connectivity index is 2.37. The predicted octanol–water partition coefficient (Wildman–Crippen LogP) is 0.200. The van der Waals surface area contributed by atoms with E-state index in [1.54, 1.807) is 6.92 Å². The topological polar surface area (TPSA) is 85.5 Å². The molecule has 0 bridgehead atoms. The monoisotopic (exact) mass is 281 g/mol. The van der Waals surface area contributed by atoms with Crippen molar-refractivity contribution in [2.24, 2.45) is 5.73 Å². The first-order valence-electron chi connectivity index (χ1n) is 5.88. The van der Waals surface area contributed by atoms with E-state index in [1.807, 2.05) is 10.2 Å². The number of rotatable bonds is 3. The van der Waals surface area contributed by atoms with E-state index in [-0.39, 0.29) is 11.9 Å².